The summed E-state index contributed by atoms with van der Waals surface area (Å²) in [7, 11) is 0. The zero-order valence-electron chi connectivity index (χ0n) is 11.3. The van der Waals surface area contributed by atoms with Crippen molar-refractivity contribution in [1.82, 2.24) is 0 Å². The molecular formula is C14H20BrN3O. The Kier molecular flexibility index (Phi) is 4.34. The molecule has 0 spiro atoms. The molecule has 5 heteroatoms. The molecule has 0 aromatic heterocycles. The van der Waals surface area contributed by atoms with Gasteiger partial charge in [0, 0.05) is 28.8 Å². The molecule has 3 N–H and O–H groups in total. The van der Waals surface area contributed by atoms with Crippen LogP contribution in [0.5, 0.6) is 0 Å². The normalized spacial score (nSPS) is 20.3. The molecule has 1 heterocycles. The van der Waals surface area contributed by atoms with E-state index in [1.807, 2.05) is 18.2 Å². The number of benzene rings is 1. The van der Waals surface area contributed by atoms with Gasteiger partial charge in [0.15, 0.2) is 5.84 Å². The molecule has 0 aliphatic carbocycles. The highest BCUT2D eigenvalue weighted by Gasteiger charge is 2.25. The minimum Gasteiger partial charge on any atom is -0.409 e. The van der Waals surface area contributed by atoms with E-state index in [1.165, 1.54) is 12.1 Å². The maximum absolute atomic E-state index is 8.72. The summed E-state index contributed by atoms with van der Waals surface area (Å²) in [4.78, 5) is 2.39. The van der Waals surface area contributed by atoms with Gasteiger partial charge in [-0.15, -0.1) is 0 Å². The number of anilines is 1. The molecule has 1 aliphatic rings. The molecule has 1 unspecified atom stereocenters. The zero-order chi connectivity index (χ0) is 14.0. The predicted octanol–water partition coefficient (Wildman–Crippen LogP) is 3.03. The van der Waals surface area contributed by atoms with Gasteiger partial charge in [0.2, 0.25) is 0 Å². The lowest BCUT2D eigenvalue weighted by Gasteiger charge is -2.21. The van der Waals surface area contributed by atoms with Crippen LogP contribution in [0.2, 0.25) is 0 Å². The van der Waals surface area contributed by atoms with Crippen LogP contribution in [-0.4, -0.2) is 24.1 Å². The van der Waals surface area contributed by atoms with Gasteiger partial charge in [-0.3, -0.25) is 0 Å². The molecular weight excluding hydrogens is 306 g/mol. The summed E-state index contributed by atoms with van der Waals surface area (Å²) in [6, 6.07) is 5.95. The van der Waals surface area contributed by atoms with Crippen LogP contribution < -0.4 is 10.6 Å². The van der Waals surface area contributed by atoms with Crippen molar-refractivity contribution in [2.75, 3.05) is 18.0 Å². The average Bonchev–Trinajstić information content (AvgIpc) is 2.87. The fourth-order valence-electron chi connectivity index (χ4n) is 2.53. The van der Waals surface area contributed by atoms with Gasteiger partial charge < -0.3 is 15.8 Å². The Hall–Kier alpha value is -1.23. The summed E-state index contributed by atoms with van der Waals surface area (Å²) < 4.78 is 0.855. The average molecular weight is 326 g/mol. The van der Waals surface area contributed by atoms with Gasteiger partial charge in [0.25, 0.3) is 0 Å². The number of hydrogen-bond acceptors (Lipinski definition) is 3. The fraction of sp³-hybridized carbons (Fsp3) is 0.500. The Balaban J connectivity index is 2.17. The third-order valence-corrected chi connectivity index (χ3v) is 4.53. The highest BCUT2D eigenvalue weighted by Crippen LogP contribution is 2.30. The summed E-state index contributed by atoms with van der Waals surface area (Å²) >= 11 is 3.48. The molecule has 1 atom stereocenters. The highest BCUT2D eigenvalue weighted by atomic mass is 79.9. The van der Waals surface area contributed by atoms with Gasteiger partial charge in [-0.05, 0) is 52.4 Å². The van der Waals surface area contributed by atoms with E-state index in [0.717, 1.165) is 29.4 Å². The summed E-state index contributed by atoms with van der Waals surface area (Å²) in [6.07, 6.45) is 1.25. The fourth-order valence-corrected chi connectivity index (χ4v) is 3.10. The van der Waals surface area contributed by atoms with Gasteiger partial charge in [-0.1, -0.05) is 19.0 Å². The smallest absolute Gasteiger partial charge is 0.171 e. The van der Waals surface area contributed by atoms with Crippen molar-refractivity contribution >= 4 is 27.5 Å². The van der Waals surface area contributed by atoms with Crippen molar-refractivity contribution < 1.29 is 5.21 Å². The summed E-state index contributed by atoms with van der Waals surface area (Å²) in [5.41, 5.74) is 7.52. The number of oxime groups is 1. The first-order valence-corrected chi connectivity index (χ1v) is 7.34. The van der Waals surface area contributed by atoms with Gasteiger partial charge in [0.1, 0.15) is 0 Å². The van der Waals surface area contributed by atoms with Crippen LogP contribution in [0, 0.1) is 11.8 Å². The number of rotatable bonds is 3. The standard InChI is InChI=1S/C14H20BrN3O/c1-9(2)10-5-6-18(8-10)11-3-4-12(13(15)7-11)14(16)17-19/h3-4,7,9-10,19H,5-6,8H2,1-2H3,(H2,16,17). The molecule has 1 aromatic carbocycles. The molecule has 0 radical (unpaired) electrons. The van der Waals surface area contributed by atoms with Crippen molar-refractivity contribution in [3.05, 3.63) is 28.2 Å². The lowest BCUT2D eigenvalue weighted by molar-refractivity contribution is 0.318. The van der Waals surface area contributed by atoms with Crippen molar-refractivity contribution in [2.24, 2.45) is 22.7 Å². The monoisotopic (exact) mass is 325 g/mol. The Morgan fingerprint density at radius 2 is 2.26 bits per heavy atom. The molecule has 1 saturated heterocycles. The number of halogens is 1. The van der Waals surface area contributed by atoms with Crippen LogP contribution >= 0.6 is 15.9 Å². The van der Waals surface area contributed by atoms with Crippen molar-refractivity contribution in [1.29, 1.82) is 0 Å². The third-order valence-electron chi connectivity index (χ3n) is 3.87. The van der Waals surface area contributed by atoms with Crippen LogP contribution in [0.1, 0.15) is 25.8 Å². The summed E-state index contributed by atoms with van der Waals surface area (Å²) in [5.74, 6) is 1.62. The van der Waals surface area contributed by atoms with E-state index in [9.17, 15) is 0 Å². The maximum Gasteiger partial charge on any atom is 0.171 e. The van der Waals surface area contributed by atoms with Gasteiger partial charge in [-0.25, -0.2) is 0 Å². The van der Waals surface area contributed by atoms with Gasteiger partial charge in [-0.2, -0.15) is 0 Å². The molecule has 1 aliphatic heterocycles. The first kappa shape index (κ1) is 14.2. The minimum absolute atomic E-state index is 0.125. The van der Waals surface area contributed by atoms with Crippen LogP contribution in [0.15, 0.2) is 27.8 Å². The molecule has 4 nitrogen and oxygen atoms in total. The Morgan fingerprint density at radius 3 is 2.79 bits per heavy atom. The number of nitrogens with zero attached hydrogens (tertiary/aromatic N) is 2. The largest absolute Gasteiger partial charge is 0.409 e. The van der Waals surface area contributed by atoms with E-state index < -0.39 is 0 Å². The topological polar surface area (TPSA) is 61.8 Å². The molecule has 1 aromatic rings. The Morgan fingerprint density at radius 1 is 1.53 bits per heavy atom. The van der Waals surface area contributed by atoms with Crippen LogP contribution in [-0.2, 0) is 0 Å². The SMILES string of the molecule is CC(C)C1CCN(c2ccc(/C(N)=N/O)c(Br)c2)C1. The van der Waals surface area contributed by atoms with E-state index in [4.69, 9.17) is 10.9 Å². The number of nitrogens with two attached hydrogens (primary N) is 1. The van der Waals surface area contributed by atoms with Crippen molar-refractivity contribution in [2.45, 2.75) is 20.3 Å². The quantitative estimate of drug-likeness (QED) is 0.388. The molecule has 1 fully saturated rings. The van der Waals surface area contributed by atoms with Crippen molar-refractivity contribution in [3.8, 4) is 0 Å². The number of hydrogen-bond donors (Lipinski definition) is 2. The third kappa shape index (κ3) is 3.03. The van der Waals surface area contributed by atoms with E-state index in [-0.39, 0.29) is 5.84 Å². The van der Waals surface area contributed by atoms with Crippen LogP contribution in [0.4, 0.5) is 5.69 Å². The molecule has 0 amide bonds. The second-order valence-corrected chi connectivity index (χ2v) is 6.24. The predicted molar refractivity (Wildman–Crippen MR) is 81.8 cm³/mol. The Labute approximate surface area is 122 Å². The molecule has 0 bridgehead atoms. The highest BCUT2D eigenvalue weighted by molar-refractivity contribution is 9.10. The van der Waals surface area contributed by atoms with E-state index in [1.54, 1.807) is 0 Å². The molecule has 19 heavy (non-hydrogen) atoms. The van der Waals surface area contributed by atoms with E-state index in [2.05, 4.69) is 39.8 Å². The summed E-state index contributed by atoms with van der Waals surface area (Å²) in [5, 5.41) is 11.8. The summed E-state index contributed by atoms with van der Waals surface area (Å²) in [6.45, 7) is 6.77. The minimum atomic E-state index is 0.125. The van der Waals surface area contributed by atoms with Gasteiger partial charge >= 0.3 is 0 Å². The molecule has 104 valence electrons. The van der Waals surface area contributed by atoms with Gasteiger partial charge in [0.05, 0.1) is 0 Å². The molecule has 2 rings (SSSR count). The van der Waals surface area contributed by atoms with E-state index in [0.29, 0.717) is 5.56 Å². The van der Waals surface area contributed by atoms with E-state index >= 15 is 0 Å². The first-order chi connectivity index (χ1) is 9.02. The van der Waals surface area contributed by atoms with Crippen LogP contribution in [0.3, 0.4) is 0 Å². The molecule has 0 saturated carbocycles. The first-order valence-electron chi connectivity index (χ1n) is 6.55. The second-order valence-electron chi connectivity index (χ2n) is 5.39. The second kappa shape index (κ2) is 5.82. The Bertz CT molecular complexity index is 488. The maximum atomic E-state index is 8.72. The zero-order valence-corrected chi connectivity index (χ0v) is 12.9. The lowest BCUT2D eigenvalue weighted by atomic mass is 9.95. The van der Waals surface area contributed by atoms with Crippen LogP contribution in [0.25, 0.3) is 0 Å². The van der Waals surface area contributed by atoms with Crippen molar-refractivity contribution in [3.63, 3.8) is 0 Å². The number of amidine groups is 1. The lowest BCUT2D eigenvalue weighted by Crippen LogP contribution is -2.21.